The van der Waals surface area contributed by atoms with E-state index in [1.165, 1.54) is 31.3 Å². The van der Waals surface area contributed by atoms with Gasteiger partial charge in [-0.3, -0.25) is 0 Å². The Labute approximate surface area is 169 Å². The van der Waals surface area contributed by atoms with E-state index < -0.39 is 0 Å². The molecule has 0 aliphatic rings. The number of rotatable bonds is 8. The van der Waals surface area contributed by atoms with E-state index in [-0.39, 0.29) is 0 Å². The number of hydrogen-bond acceptors (Lipinski definition) is 3. The monoisotopic (exact) mass is 389 g/mol. The highest BCUT2D eigenvalue weighted by Gasteiger charge is 1.99. The third kappa shape index (κ3) is 5.07. The second-order valence-corrected chi connectivity index (χ2v) is 8.80. The van der Waals surface area contributed by atoms with E-state index in [1.54, 1.807) is 0 Å². The van der Waals surface area contributed by atoms with Gasteiger partial charge in [0.2, 0.25) is 0 Å². The van der Waals surface area contributed by atoms with Gasteiger partial charge in [0, 0.05) is 34.4 Å². The minimum Gasteiger partial charge on any atom is -0.315 e. The molecule has 27 heavy (non-hydrogen) atoms. The summed E-state index contributed by atoms with van der Waals surface area (Å²) in [7, 11) is 0. The van der Waals surface area contributed by atoms with Gasteiger partial charge in [-0.05, 0) is 45.8 Å². The van der Waals surface area contributed by atoms with Crippen molar-refractivity contribution in [3.05, 3.63) is 84.9 Å². The fraction of sp³-hybridized carbons (Fsp3) is 0.167. The van der Waals surface area contributed by atoms with Gasteiger partial charge in [-0.2, -0.15) is 0 Å². The van der Waals surface area contributed by atoms with Crippen LogP contribution in [0.1, 0.15) is 0 Å². The molecule has 4 aromatic rings. The molecule has 4 aromatic carbocycles. The smallest absolute Gasteiger partial charge is 0.0106 e. The maximum atomic E-state index is 3.56. The molecule has 0 unspecified atom stereocenters. The van der Waals surface area contributed by atoms with Crippen LogP contribution in [0.3, 0.4) is 0 Å². The van der Waals surface area contributed by atoms with E-state index in [2.05, 4.69) is 90.2 Å². The Bertz CT molecular complexity index is 945. The van der Waals surface area contributed by atoms with Crippen LogP contribution in [0.4, 0.5) is 0 Å². The van der Waals surface area contributed by atoms with E-state index >= 15 is 0 Å². The Balaban J connectivity index is 1.16. The Morgan fingerprint density at radius 1 is 0.519 bits per heavy atom. The summed E-state index contributed by atoms with van der Waals surface area (Å²) in [6, 6.07) is 30.5. The lowest BCUT2D eigenvalue weighted by atomic mass is 10.1. The molecule has 3 heteroatoms. The second-order valence-electron chi connectivity index (χ2n) is 6.46. The van der Waals surface area contributed by atoms with Crippen molar-refractivity contribution < 1.29 is 0 Å². The molecule has 0 radical (unpaired) electrons. The van der Waals surface area contributed by atoms with Crippen molar-refractivity contribution >= 4 is 45.1 Å². The van der Waals surface area contributed by atoms with Gasteiger partial charge < -0.3 is 5.32 Å². The molecule has 0 aromatic heterocycles. The van der Waals surface area contributed by atoms with Gasteiger partial charge in [-0.1, -0.05) is 60.7 Å². The van der Waals surface area contributed by atoms with Crippen molar-refractivity contribution in [2.24, 2.45) is 0 Å². The van der Waals surface area contributed by atoms with Crippen molar-refractivity contribution in [1.29, 1.82) is 0 Å². The summed E-state index contributed by atoms with van der Waals surface area (Å²) in [4.78, 5) is 2.70. The van der Waals surface area contributed by atoms with Gasteiger partial charge in [0.05, 0.1) is 0 Å². The lowest BCUT2D eigenvalue weighted by Gasteiger charge is -2.07. The molecule has 0 saturated heterocycles. The van der Waals surface area contributed by atoms with Crippen LogP contribution in [0.2, 0.25) is 0 Å². The summed E-state index contributed by atoms with van der Waals surface area (Å²) < 4.78 is 0. The van der Waals surface area contributed by atoms with Crippen LogP contribution in [0.15, 0.2) is 94.7 Å². The van der Waals surface area contributed by atoms with Gasteiger partial charge in [-0.15, -0.1) is 23.5 Å². The molecular formula is C24H23NS2. The van der Waals surface area contributed by atoms with Crippen molar-refractivity contribution in [1.82, 2.24) is 5.32 Å². The zero-order chi connectivity index (χ0) is 18.3. The molecule has 0 atom stereocenters. The number of fused-ring (bicyclic) bond motifs is 2. The van der Waals surface area contributed by atoms with Crippen molar-refractivity contribution in [2.45, 2.75) is 9.79 Å². The summed E-state index contributed by atoms with van der Waals surface area (Å²) in [5, 5.41) is 8.82. The first-order valence-electron chi connectivity index (χ1n) is 9.32. The summed E-state index contributed by atoms with van der Waals surface area (Å²) in [5.41, 5.74) is 0. The fourth-order valence-corrected chi connectivity index (χ4v) is 4.83. The number of nitrogens with one attached hydrogen (secondary N) is 1. The Kier molecular flexibility index (Phi) is 6.36. The van der Waals surface area contributed by atoms with Crippen LogP contribution < -0.4 is 5.32 Å². The van der Waals surface area contributed by atoms with E-state index in [4.69, 9.17) is 0 Å². The quantitative estimate of drug-likeness (QED) is 0.274. The number of hydrogen-bond donors (Lipinski definition) is 1. The molecule has 0 bridgehead atoms. The number of thioether (sulfide) groups is 2. The largest absolute Gasteiger partial charge is 0.315 e. The summed E-state index contributed by atoms with van der Waals surface area (Å²) >= 11 is 3.84. The standard InChI is InChI=1S/C24H23NS2/c1-3-7-21-17-23(11-9-19(21)5-1)26-15-13-25-14-16-27-24-12-10-20-6-2-4-8-22(20)18-24/h1-12,17-18,25H,13-16H2. The maximum absolute atomic E-state index is 3.56. The second kappa shape index (κ2) is 9.32. The fourth-order valence-electron chi connectivity index (χ4n) is 3.12. The average molecular weight is 390 g/mol. The summed E-state index contributed by atoms with van der Waals surface area (Å²) in [6.45, 7) is 2.07. The highest BCUT2D eigenvalue weighted by molar-refractivity contribution is 7.99. The molecule has 0 aliphatic heterocycles. The number of benzene rings is 4. The van der Waals surface area contributed by atoms with Crippen LogP contribution in [0.25, 0.3) is 21.5 Å². The lowest BCUT2D eigenvalue weighted by Crippen LogP contribution is -2.19. The van der Waals surface area contributed by atoms with Crippen molar-refractivity contribution in [3.8, 4) is 0 Å². The van der Waals surface area contributed by atoms with Crippen LogP contribution in [0, 0.1) is 0 Å². The third-order valence-corrected chi connectivity index (χ3v) is 6.53. The molecule has 1 N–H and O–H groups in total. The first-order chi connectivity index (χ1) is 13.4. The molecule has 0 aliphatic carbocycles. The molecule has 0 spiro atoms. The van der Waals surface area contributed by atoms with Crippen molar-refractivity contribution in [2.75, 3.05) is 24.6 Å². The van der Waals surface area contributed by atoms with E-state index in [9.17, 15) is 0 Å². The Morgan fingerprint density at radius 3 is 1.44 bits per heavy atom. The van der Waals surface area contributed by atoms with E-state index in [0.29, 0.717) is 0 Å². The Hall–Kier alpha value is -1.94. The first-order valence-corrected chi connectivity index (χ1v) is 11.3. The molecule has 4 rings (SSSR count). The predicted molar refractivity (Wildman–Crippen MR) is 122 cm³/mol. The molecular weight excluding hydrogens is 366 g/mol. The van der Waals surface area contributed by atoms with Gasteiger partial charge in [0.1, 0.15) is 0 Å². The summed E-state index contributed by atoms with van der Waals surface area (Å²) in [5.74, 6) is 2.19. The van der Waals surface area contributed by atoms with Crippen molar-refractivity contribution in [3.63, 3.8) is 0 Å². The van der Waals surface area contributed by atoms with Crippen LogP contribution in [-0.4, -0.2) is 24.6 Å². The van der Waals surface area contributed by atoms with Crippen LogP contribution in [0.5, 0.6) is 0 Å². The minimum atomic E-state index is 1.04. The average Bonchev–Trinajstić information content (AvgIpc) is 2.73. The third-order valence-electron chi connectivity index (χ3n) is 4.54. The summed E-state index contributed by atoms with van der Waals surface area (Å²) in [6.07, 6.45) is 0. The predicted octanol–water partition coefficient (Wildman–Crippen LogP) is 6.47. The maximum Gasteiger partial charge on any atom is 0.0106 e. The molecule has 0 heterocycles. The van der Waals surface area contributed by atoms with Gasteiger partial charge in [0.15, 0.2) is 0 Å². The zero-order valence-corrected chi connectivity index (χ0v) is 16.9. The van der Waals surface area contributed by atoms with E-state index in [0.717, 1.165) is 24.6 Å². The van der Waals surface area contributed by atoms with Gasteiger partial charge in [-0.25, -0.2) is 0 Å². The first kappa shape index (κ1) is 18.4. The molecule has 0 amide bonds. The lowest BCUT2D eigenvalue weighted by molar-refractivity contribution is 0.774. The van der Waals surface area contributed by atoms with Crippen LogP contribution >= 0.6 is 23.5 Å². The zero-order valence-electron chi connectivity index (χ0n) is 15.2. The normalized spacial score (nSPS) is 11.3. The van der Waals surface area contributed by atoms with Crippen LogP contribution in [-0.2, 0) is 0 Å². The highest BCUT2D eigenvalue weighted by atomic mass is 32.2. The highest BCUT2D eigenvalue weighted by Crippen LogP contribution is 2.24. The van der Waals surface area contributed by atoms with E-state index in [1.807, 2.05) is 23.5 Å². The molecule has 0 fully saturated rings. The molecule has 1 nitrogen and oxygen atoms in total. The Morgan fingerprint density at radius 2 is 0.963 bits per heavy atom. The van der Waals surface area contributed by atoms with Gasteiger partial charge >= 0.3 is 0 Å². The van der Waals surface area contributed by atoms with Gasteiger partial charge in [0.25, 0.3) is 0 Å². The molecule has 0 saturated carbocycles. The SMILES string of the molecule is c1ccc2cc(SCCNCCSc3ccc4ccccc4c3)ccc2c1. The topological polar surface area (TPSA) is 12.0 Å². The molecule has 136 valence electrons. The minimum absolute atomic E-state index is 1.04.